The van der Waals surface area contributed by atoms with Crippen molar-refractivity contribution in [1.29, 1.82) is 0 Å². The maximum absolute atomic E-state index is 14.3. The number of aromatic nitrogens is 1. The fraction of sp³-hybridized carbons (Fsp3) is 0.143. The Bertz CT molecular complexity index is 1300. The summed E-state index contributed by atoms with van der Waals surface area (Å²) in [5.41, 5.74) is 8.63. The van der Waals surface area contributed by atoms with Gasteiger partial charge in [-0.25, -0.2) is 9.82 Å². The van der Waals surface area contributed by atoms with Crippen LogP contribution in [-0.2, 0) is 11.5 Å². The topological polar surface area (TPSA) is 46.4 Å². The van der Waals surface area contributed by atoms with E-state index in [0.717, 1.165) is 28.5 Å². The number of aryl methyl sites for hydroxylation is 1. The van der Waals surface area contributed by atoms with Crippen LogP contribution in [0.5, 0.6) is 0 Å². The van der Waals surface area contributed by atoms with E-state index < -0.39 is 0 Å². The molecule has 0 fully saturated rings. The lowest BCUT2D eigenvalue weighted by molar-refractivity contribution is 0.0955. The first-order valence-corrected chi connectivity index (χ1v) is 12.2. The summed E-state index contributed by atoms with van der Waals surface area (Å²) in [4.78, 5) is 12.5. The first-order chi connectivity index (χ1) is 16.5. The van der Waals surface area contributed by atoms with Gasteiger partial charge in [0.05, 0.1) is 11.9 Å². The summed E-state index contributed by atoms with van der Waals surface area (Å²) < 4.78 is 16.1. The fourth-order valence-corrected chi connectivity index (χ4v) is 4.72. The quantitative estimate of drug-likeness (QED) is 0.238. The molecular weight excluding hydrogens is 445 g/mol. The molecule has 6 heteroatoms. The van der Waals surface area contributed by atoms with E-state index in [-0.39, 0.29) is 11.7 Å². The van der Waals surface area contributed by atoms with Crippen LogP contribution in [0.2, 0.25) is 0 Å². The summed E-state index contributed by atoms with van der Waals surface area (Å²) in [6, 6.07) is 26.5. The Balaban J connectivity index is 1.34. The Morgan fingerprint density at radius 2 is 1.59 bits per heavy atom. The van der Waals surface area contributed by atoms with Gasteiger partial charge in [0.1, 0.15) is 5.82 Å². The second kappa shape index (κ2) is 11.0. The second-order valence-corrected chi connectivity index (χ2v) is 8.97. The van der Waals surface area contributed by atoms with Gasteiger partial charge in [0.2, 0.25) is 0 Å². The molecular formula is C28H26FN3OS. The Labute approximate surface area is 203 Å². The largest absolute Gasteiger partial charge is 0.315 e. The zero-order valence-corrected chi connectivity index (χ0v) is 20.0. The minimum Gasteiger partial charge on any atom is -0.315 e. The van der Waals surface area contributed by atoms with Crippen LogP contribution in [0.3, 0.4) is 0 Å². The Kier molecular flexibility index (Phi) is 7.60. The number of halogens is 1. The molecule has 0 aliphatic carbocycles. The summed E-state index contributed by atoms with van der Waals surface area (Å²) in [5, 5.41) is 4.12. The predicted octanol–water partition coefficient (Wildman–Crippen LogP) is 6.43. The van der Waals surface area contributed by atoms with E-state index >= 15 is 0 Å². The van der Waals surface area contributed by atoms with Gasteiger partial charge < -0.3 is 4.57 Å². The number of nitrogens with one attached hydrogen (secondary N) is 1. The van der Waals surface area contributed by atoms with Crippen LogP contribution in [0.25, 0.3) is 5.69 Å². The molecule has 4 nitrogen and oxygen atoms in total. The van der Waals surface area contributed by atoms with Gasteiger partial charge in [-0.1, -0.05) is 54.6 Å². The van der Waals surface area contributed by atoms with E-state index in [9.17, 15) is 9.18 Å². The summed E-state index contributed by atoms with van der Waals surface area (Å²) in [7, 11) is 0. The van der Waals surface area contributed by atoms with Gasteiger partial charge in [-0.15, -0.1) is 0 Å². The minimum absolute atomic E-state index is 0.275. The molecule has 1 amide bonds. The van der Waals surface area contributed by atoms with Crippen molar-refractivity contribution in [1.82, 2.24) is 9.99 Å². The standard InChI is InChI=1S/C28H26FN3OS/c1-20-16-25(21(2)32(20)27-11-7-6-10-26(27)29)17-30-31-28(33)24-14-12-23(13-15-24)19-34-18-22-8-4-3-5-9-22/h3-17H,18-19H2,1-2H3,(H,31,33)/b30-17+. The molecule has 0 atom stereocenters. The number of hydrogen-bond donors (Lipinski definition) is 1. The van der Waals surface area contributed by atoms with Crippen LogP contribution in [0, 0.1) is 19.7 Å². The molecule has 0 spiro atoms. The van der Waals surface area contributed by atoms with Gasteiger partial charge in [-0.2, -0.15) is 16.9 Å². The van der Waals surface area contributed by atoms with E-state index in [4.69, 9.17) is 0 Å². The molecule has 4 aromatic rings. The third kappa shape index (κ3) is 5.64. The predicted molar refractivity (Wildman–Crippen MR) is 138 cm³/mol. The van der Waals surface area contributed by atoms with Crippen LogP contribution in [0.1, 0.15) is 38.4 Å². The Hall–Kier alpha value is -3.64. The average Bonchev–Trinajstić information content (AvgIpc) is 3.13. The number of benzene rings is 3. The average molecular weight is 472 g/mol. The number of rotatable bonds is 8. The Morgan fingerprint density at radius 1 is 0.941 bits per heavy atom. The van der Waals surface area contributed by atoms with Crippen LogP contribution >= 0.6 is 11.8 Å². The third-order valence-electron chi connectivity index (χ3n) is 5.53. The number of hydrogen-bond acceptors (Lipinski definition) is 3. The first-order valence-electron chi connectivity index (χ1n) is 11.0. The van der Waals surface area contributed by atoms with Crippen molar-refractivity contribution in [2.24, 2.45) is 5.10 Å². The molecule has 4 rings (SSSR count). The molecule has 1 N–H and O–H groups in total. The van der Waals surface area contributed by atoms with Gasteiger partial charge >= 0.3 is 0 Å². The lowest BCUT2D eigenvalue weighted by Gasteiger charge is -2.10. The molecule has 1 aromatic heterocycles. The maximum atomic E-state index is 14.3. The molecule has 0 unspecified atom stereocenters. The second-order valence-electron chi connectivity index (χ2n) is 7.99. The highest BCUT2D eigenvalue weighted by Gasteiger charge is 2.12. The van der Waals surface area contributed by atoms with E-state index in [1.54, 1.807) is 24.4 Å². The zero-order chi connectivity index (χ0) is 23.9. The maximum Gasteiger partial charge on any atom is 0.271 e. The number of thioether (sulfide) groups is 1. The van der Waals surface area contributed by atoms with Gasteiger partial charge in [0, 0.05) is 34.0 Å². The number of nitrogens with zero attached hydrogens (tertiary/aromatic N) is 2. The molecule has 0 radical (unpaired) electrons. The zero-order valence-electron chi connectivity index (χ0n) is 19.2. The van der Waals surface area contributed by atoms with Crippen molar-refractivity contribution in [3.8, 4) is 5.69 Å². The van der Waals surface area contributed by atoms with Crippen molar-refractivity contribution >= 4 is 23.9 Å². The normalized spacial score (nSPS) is 11.1. The van der Waals surface area contributed by atoms with Crippen molar-refractivity contribution < 1.29 is 9.18 Å². The van der Waals surface area contributed by atoms with Gasteiger partial charge in [-0.3, -0.25) is 4.79 Å². The van der Waals surface area contributed by atoms with Crippen LogP contribution in [0.4, 0.5) is 4.39 Å². The number of para-hydroxylation sites is 1. The molecule has 0 saturated carbocycles. The molecule has 3 aromatic carbocycles. The van der Waals surface area contributed by atoms with E-state index in [0.29, 0.717) is 11.3 Å². The highest BCUT2D eigenvalue weighted by atomic mass is 32.2. The molecule has 34 heavy (non-hydrogen) atoms. The monoisotopic (exact) mass is 471 g/mol. The molecule has 0 aliphatic rings. The van der Waals surface area contributed by atoms with Gasteiger partial charge in [0.25, 0.3) is 5.91 Å². The van der Waals surface area contributed by atoms with Crippen LogP contribution in [0.15, 0.2) is 90.0 Å². The lowest BCUT2D eigenvalue weighted by atomic mass is 10.1. The molecule has 0 aliphatic heterocycles. The third-order valence-corrected chi connectivity index (χ3v) is 6.60. The number of carbonyl (C=O) groups excluding carboxylic acids is 1. The van der Waals surface area contributed by atoms with E-state index in [1.807, 2.05) is 78.7 Å². The van der Waals surface area contributed by atoms with Crippen molar-refractivity contribution in [3.63, 3.8) is 0 Å². The summed E-state index contributed by atoms with van der Waals surface area (Å²) in [5.74, 6) is 1.27. The fourth-order valence-electron chi connectivity index (χ4n) is 3.76. The highest BCUT2D eigenvalue weighted by molar-refractivity contribution is 7.97. The first kappa shape index (κ1) is 23.5. The number of amides is 1. The Morgan fingerprint density at radius 3 is 2.29 bits per heavy atom. The minimum atomic E-state index is -0.289. The summed E-state index contributed by atoms with van der Waals surface area (Å²) in [6.45, 7) is 3.81. The molecule has 172 valence electrons. The van der Waals surface area contributed by atoms with Gasteiger partial charge in [-0.05, 0) is 55.3 Å². The lowest BCUT2D eigenvalue weighted by Crippen LogP contribution is -2.17. The summed E-state index contributed by atoms with van der Waals surface area (Å²) >= 11 is 1.84. The SMILES string of the molecule is Cc1cc(/C=N/NC(=O)c2ccc(CSCc3ccccc3)cc2)c(C)n1-c1ccccc1F. The van der Waals surface area contributed by atoms with Gasteiger partial charge in [0.15, 0.2) is 0 Å². The van der Waals surface area contributed by atoms with Crippen LogP contribution in [-0.4, -0.2) is 16.7 Å². The summed E-state index contributed by atoms with van der Waals surface area (Å²) in [6.07, 6.45) is 1.59. The molecule has 0 bridgehead atoms. The number of carbonyl (C=O) groups is 1. The number of hydrazone groups is 1. The molecule has 1 heterocycles. The van der Waals surface area contributed by atoms with E-state index in [1.165, 1.54) is 17.2 Å². The smallest absolute Gasteiger partial charge is 0.271 e. The van der Waals surface area contributed by atoms with E-state index in [2.05, 4.69) is 22.7 Å². The molecule has 0 saturated heterocycles. The van der Waals surface area contributed by atoms with Crippen molar-refractivity contribution in [2.45, 2.75) is 25.4 Å². The highest BCUT2D eigenvalue weighted by Crippen LogP contribution is 2.22. The van der Waals surface area contributed by atoms with Crippen LogP contribution < -0.4 is 5.43 Å². The van der Waals surface area contributed by atoms with Crippen molar-refractivity contribution in [3.05, 3.63) is 124 Å². The van der Waals surface area contributed by atoms with Crippen molar-refractivity contribution in [2.75, 3.05) is 0 Å².